The van der Waals surface area contributed by atoms with Crippen LogP contribution in [0.4, 0.5) is 0 Å². The number of carbonyl (C=O) groups is 2. The van der Waals surface area contributed by atoms with Crippen LogP contribution >= 0.6 is 0 Å². The first-order valence-corrected chi connectivity index (χ1v) is 11.8. The van der Waals surface area contributed by atoms with Crippen molar-refractivity contribution in [3.63, 3.8) is 0 Å². The van der Waals surface area contributed by atoms with E-state index in [0.29, 0.717) is 30.1 Å². The second kappa shape index (κ2) is 12.2. The van der Waals surface area contributed by atoms with E-state index in [1.807, 2.05) is 91.9 Å². The SMILES string of the molecule is CCC(Oc1ccc(-c2ccccc2)cc1)C(=O)NNC(=O)c1ccccc1OCc1ccccc1. The molecule has 0 fully saturated rings. The summed E-state index contributed by atoms with van der Waals surface area (Å²) in [7, 11) is 0. The first kappa shape index (κ1) is 24.5. The zero-order valence-corrected chi connectivity index (χ0v) is 20.0. The van der Waals surface area contributed by atoms with Gasteiger partial charge in [0.1, 0.15) is 18.1 Å². The monoisotopic (exact) mass is 480 g/mol. The Morgan fingerprint density at radius 3 is 2.03 bits per heavy atom. The summed E-state index contributed by atoms with van der Waals surface area (Å²) in [5.74, 6) is 0.0762. The van der Waals surface area contributed by atoms with Crippen molar-refractivity contribution in [2.24, 2.45) is 0 Å². The topological polar surface area (TPSA) is 76.7 Å². The average molecular weight is 481 g/mol. The highest BCUT2D eigenvalue weighted by Gasteiger charge is 2.20. The molecule has 0 aliphatic rings. The quantitative estimate of drug-likeness (QED) is 0.308. The Morgan fingerprint density at radius 1 is 0.722 bits per heavy atom. The van der Waals surface area contributed by atoms with E-state index in [2.05, 4.69) is 10.9 Å². The number of hydrogen-bond acceptors (Lipinski definition) is 4. The van der Waals surface area contributed by atoms with Crippen LogP contribution in [0.5, 0.6) is 11.5 Å². The molecule has 6 heteroatoms. The lowest BCUT2D eigenvalue weighted by Gasteiger charge is -2.18. The minimum absolute atomic E-state index is 0.319. The van der Waals surface area contributed by atoms with Gasteiger partial charge < -0.3 is 9.47 Å². The summed E-state index contributed by atoms with van der Waals surface area (Å²) in [5.41, 5.74) is 8.40. The van der Waals surface area contributed by atoms with Crippen LogP contribution in [0.2, 0.25) is 0 Å². The largest absolute Gasteiger partial charge is 0.488 e. The van der Waals surface area contributed by atoms with Crippen molar-refractivity contribution >= 4 is 11.8 Å². The van der Waals surface area contributed by atoms with Gasteiger partial charge in [-0.25, -0.2) is 0 Å². The van der Waals surface area contributed by atoms with Gasteiger partial charge in [0, 0.05) is 0 Å². The van der Waals surface area contributed by atoms with Gasteiger partial charge in [-0.3, -0.25) is 20.4 Å². The number of hydrazine groups is 1. The molecule has 4 rings (SSSR count). The number of hydrogen-bond donors (Lipinski definition) is 2. The van der Waals surface area contributed by atoms with E-state index >= 15 is 0 Å². The van der Waals surface area contributed by atoms with Crippen LogP contribution < -0.4 is 20.3 Å². The van der Waals surface area contributed by atoms with E-state index in [1.54, 1.807) is 24.3 Å². The van der Waals surface area contributed by atoms with E-state index < -0.39 is 17.9 Å². The molecule has 4 aromatic rings. The number of benzene rings is 4. The molecular formula is C30H28N2O4. The molecule has 0 heterocycles. The van der Waals surface area contributed by atoms with Crippen molar-refractivity contribution in [3.05, 3.63) is 120 Å². The summed E-state index contributed by atoms with van der Waals surface area (Å²) in [6, 6.07) is 34.1. The molecule has 0 aromatic heterocycles. The van der Waals surface area contributed by atoms with Crippen molar-refractivity contribution in [1.29, 1.82) is 0 Å². The lowest BCUT2D eigenvalue weighted by molar-refractivity contribution is -0.128. The van der Waals surface area contributed by atoms with Gasteiger partial charge in [-0.05, 0) is 47.4 Å². The Morgan fingerprint density at radius 2 is 1.33 bits per heavy atom. The maximum absolute atomic E-state index is 12.8. The van der Waals surface area contributed by atoms with Crippen molar-refractivity contribution in [2.75, 3.05) is 0 Å². The van der Waals surface area contributed by atoms with Crippen molar-refractivity contribution in [3.8, 4) is 22.6 Å². The predicted molar refractivity (Wildman–Crippen MR) is 139 cm³/mol. The number of nitrogens with one attached hydrogen (secondary N) is 2. The molecule has 4 aromatic carbocycles. The van der Waals surface area contributed by atoms with E-state index in [0.717, 1.165) is 16.7 Å². The fourth-order valence-electron chi connectivity index (χ4n) is 3.62. The van der Waals surface area contributed by atoms with Gasteiger partial charge in [-0.2, -0.15) is 0 Å². The van der Waals surface area contributed by atoms with Crippen LogP contribution in [0, 0.1) is 0 Å². The molecule has 0 bridgehead atoms. The van der Waals surface area contributed by atoms with Crippen molar-refractivity contribution in [2.45, 2.75) is 26.1 Å². The molecule has 2 amide bonds. The zero-order valence-electron chi connectivity index (χ0n) is 20.0. The molecule has 0 radical (unpaired) electrons. The number of amides is 2. The molecule has 0 saturated heterocycles. The van der Waals surface area contributed by atoms with Gasteiger partial charge >= 0.3 is 0 Å². The zero-order chi connectivity index (χ0) is 25.2. The maximum Gasteiger partial charge on any atom is 0.279 e. The van der Waals surface area contributed by atoms with E-state index in [9.17, 15) is 9.59 Å². The first-order chi connectivity index (χ1) is 17.6. The molecule has 0 spiro atoms. The second-order valence-electron chi connectivity index (χ2n) is 8.12. The lowest BCUT2D eigenvalue weighted by atomic mass is 10.1. The fourth-order valence-corrected chi connectivity index (χ4v) is 3.62. The Bertz CT molecular complexity index is 1280. The smallest absolute Gasteiger partial charge is 0.279 e. The highest BCUT2D eigenvalue weighted by Crippen LogP contribution is 2.23. The third-order valence-corrected chi connectivity index (χ3v) is 5.57. The van der Waals surface area contributed by atoms with Gasteiger partial charge in [-0.15, -0.1) is 0 Å². The molecule has 0 aliphatic heterocycles. The summed E-state index contributed by atoms with van der Waals surface area (Å²) in [6.45, 7) is 2.17. The first-order valence-electron chi connectivity index (χ1n) is 11.8. The molecule has 0 saturated carbocycles. The van der Waals surface area contributed by atoms with E-state index in [4.69, 9.17) is 9.47 Å². The molecular weight excluding hydrogens is 452 g/mol. The minimum atomic E-state index is -0.766. The van der Waals surface area contributed by atoms with Crippen molar-refractivity contribution in [1.82, 2.24) is 10.9 Å². The van der Waals surface area contributed by atoms with Crippen molar-refractivity contribution < 1.29 is 19.1 Å². The molecule has 182 valence electrons. The van der Waals surface area contributed by atoms with Crippen LogP contribution in [-0.2, 0) is 11.4 Å². The Hall–Kier alpha value is -4.58. The molecule has 36 heavy (non-hydrogen) atoms. The Labute approximate surface area is 210 Å². The maximum atomic E-state index is 12.8. The summed E-state index contributed by atoms with van der Waals surface area (Å²) in [5, 5.41) is 0. The number of ether oxygens (including phenoxy) is 2. The minimum Gasteiger partial charge on any atom is -0.488 e. The average Bonchev–Trinajstić information content (AvgIpc) is 2.95. The van der Waals surface area contributed by atoms with Gasteiger partial charge in [0.25, 0.3) is 11.8 Å². The Balaban J connectivity index is 1.33. The molecule has 2 N–H and O–H groups in total. The van der Waals surface area contributed by atoms with Gasteiger partial charge in [0.2, 0.25) is 0 Å². The third-order valence-electron chi connectivity index (χ3n) is 5.57. The number of para-hydroxylation sites is 1. The van der Waals surface area contributed by atoms with E-state index in [1.165, 1.54) is 0 Å². The summed E-state index contributed by atoms with van der Waals surface area (Å²) in [4.78, 5) is 25.5. The standard InChI is InChI=1S/C30H28N2O4/c1-2-27(36-25-19-17-24(18-20-25)23-13-7-4-8-14-23)30(34)32-31-29(33)26-15-9-10-16-28(26)35-21-22-11-5-3-6-12-22/h3-20,27H,2,21H2,1H3,(H,31,33)(H,32,34). The highest BCUT2D eigenvalue weighted by atomic mass is 16.5. The van der Waals surface area contributed by atoms with Gasteiger partial charge in [0.15, 0.2) is 6.10 Å². The summed E-state index contributed by atoms with van der Waals surface area (Å²) in [6.07, 6.45) is -0.337. The van der Waals surface area contributed by atoms with Crippen LogP contribution in [0.3, 0.4) is 0 Å². The Kier molecular flexibility index (Phi) is 8.33. The molecule has 0 aliphatic carbocycles. The normalized spacial score (nSPS) is 11.2. The van der Waals surface area contributed by atoms with Gasteiger partial charge in [0.05, 0.1) is 5.56 Å². The fraction of sp³-hybridized carbons (Fsp3) is 0.133. The molecule has 6 nitrogen and oxygen atoms in total. The van der Waals surface area contributed by atoms with Crippen LogP contribution in [0.15, 0.2) is 109 Å². The summed E-state index contributed by atoms with van der Waals surface area (Å²) >= 11 is 0. The van der Waals surface area contributed by atoms with Crippen LogP contribution in [0.1, 0.15) is 29.3 Å². The highest BCUT2D eigenvalue weighted by molar-refractivity contribution is 5.98. The van der Waals surface area contributed by atoms with Crippen LogP contribution in [-0.4, -0.2) is 17.9 Å². The predicted octanol–water partition coefficient (Wildman–Crippen LogP) is 5.55. The molecule has 1 unspecified atom stereocenters. The van der Waals surface area contributed by atoms with E-state index in [-0.39, 0.29) is 0 Å². The van der Waals surface area contributed by atoms with Crippen LogP contribution in [0.25, 0.3) is 11.1 Å². The third kappa shape index (κ3) is 6.51. The lowest BCUT2D eigenvalue weighted by Crippen LogP contribution is -2.48. The van der Waals surface area contributed by atoms with Gasteiger partial charge in [-0.1, -0.05) is 91.9 Å². The summed E-state index contributed by atoms with van der Waals surface area (Å²) < 4.78 is 11.7. The molecule has 1 atom stereocenters. The number of carbonyl (C=O) groups excluding carboxylic acids is 2. The number of rotatable bonds is 9. The second-order valence-corrected chi connectivity index (χ2v) is 8.12.